The summed E-state index contributed by atoms with van der Waals surface area (Å²) in [5.41, 5.74) is -0.789. The van der Waals surface area contributed by atoms with Gasteiger partial charge in [0.05, 0.1) is 5.54 Å². The molecule has 1 saturated heterocycles. The van der Waals surface area contributed by atoms with Gasteiger partial charge in [0.15, 0.2) is 0 Å². The highest BCUT2D eigenvalue weighted by atomic mass is 16.2. The van der Waals surface area contributed by atoms with E-state index in [4.69, 9.17) is 0 Å². The third-order valence-corrected chi connectivity index (χ3v) is 6.85. The van der Waals surface area contributed by atoms with Crippen molar-refractivity contribution in [1.29, 1.82) is 0 Å². The summed E-state index contributed by atoms with van der Waals surface area (Å²) in [5, 5.41) is 3.03. The van der Waals surface area contributed by atoms with Gasteiger partial charge in [-0.2, -0.15) is 0 Å². The van der Waals surface area contributed by atoms with Crippen molar-refractivity contribution in [3.8, 4) is 0 Å². The van der Waals surface area contributed by atoms with E-state index < -0.39 is 5.54 Å². The van der Waals surface area contributed by atoms with E-state index in [1.807, 2.05) is 13.8 Å². The van der Waals surface area contributed by atoms with Crippen molar-refractivity contribution in [2.45, 2.75) is 76.3 Å². The van der Waals surface area contributed by atoms with Crippen LogP contribution >= 0.6 is 0 Å². The van der Waals surface area contributed by atoms with E-state index in [1.54, 1.807) is 4.90 Å². The van der Waals surface area contributed by atoms with Crippen molar-refractivity contribution < 1.29 is 9.59 Å². The zero-order chi connectivity index (χ0) is 14.8. The van der Waals surface area contributed by atoms with Crippen molar-refractivity contribution in [2.75, 3.05) is 0 Å². The Hall–Kier alpha value is -1.06. The molecule has 4 aliphatic carbocycles. The predicted molar refractivity (Wildman–Crippen MR) is 79.6 cm³/mol. The molecule has 0 radical (unpaired) electrons. The van der Waals surface area contributed by atoms with Crippen LogP contribution in [0.1, 0.15) is 65.2 Å². The first-order valence-electron chi connectivity index (χ1n) is 8.69. The van der Waals surface area contributed by atoms with Crippen LogP contribution in [0.5, 0.6) is 0 Å². The molecule has 0 aromatic carbocycles. The van der Waals surface area contributed by atoms with Crippen molar-refractivity contribution in [3.63, 3.8) is 0 Å². The first-order valence-corrected chi connectivity index (χ1v) is 8.69. The van der Waals surface area contributed by atoms with Gasteiger partial charge in [0.25, 0.3) is 5.91 Å². The minimum absolute atomic E-state index is 0.0550. The van der Waals surface area contributed by atoms with Gasteiger partial charge in [0.1, 0.15) is 5.54 Å². The summed E-state index contributed by atoms with van der Waals surface area (Å²) in [6, 6.07) is -0.120. The second-order valence-electron chi connectivity index (χ2n) is 8.00. The summed E-state index contributed by atoms with van der Waals surface area (Å²) in [4.78, 5) is 27.4. The number of imide groups is 1. The van der Waals surface area contributed by atoms with E-state index in [9.17, 15) is 9.59 Å². The molecule has 5 aliphatic rings. The van der Waals surface area contributed by atoms with Crippen LogP contribution in [0.3, 0.4) is 0 Å². The van der Waals surface area contributed by atoms with E-state index in [-0.39, 0.29) is 17.5 Å². The number of hydrogen-bond donors (Lipinski definition) is 1. The molecule has 4 heteroatoms. The highest BCUT2D eigenvalue weighted by Gasteiger charge is 2.61. The average molecular weight is 290 g/mol. The minimum atomic E-state index is -0.638. The van der Waals surface area contributed by atoms with E-state index in [1.165, 1.54) is 19.3 Å². The van der Waals surface area contributed by atoms with Crippen molar-refractivity contribution >= 4 is 11.9 Å². The number of urea groups is 1. The molecule has 21 heavy (non-hydrogen) atoms. The van der Waals surface area contributed by atoms with Gasteiger partial charge in [0, 0.05) is 0 Å². The minimum Gasteiger partial charge on any atom is -0.323 e. The van der Waals surface area contributed by atoms with E-state index >= 15 is 0 Å². The van der Waals surface area contributed by atoms with Crippen molar-refractivity contribution in [3.05, 3.63) is 0 Å². The van der Waals surface area contributed by atoms with Gasteiger partial charge in [0.2, 0.25) is 0 Å². The molecule has 4 bridgehead atoms. The van der Waals surface area contributed by atoms with Crippen LogP contribution in [0.15, 0.2) is 0 Å². The SMILES string of the molecule is CCC1(CC)NC(=O)N(C23CC4CC(CC(C4)C2)C3)C1=O. The molecular formula is C17H26N2O2. The number of rotatable bonds is 3. The third kappa shape index (κ3) is 1.68. The maximum atomic E-state index is 13.1. The number of carbonyl (C=O) groups excluding carboxylic acids is 2. The number of hydrogen-bond acceptors (Lipinski definition) is 2. The molecule has 0 spiro atoms. The molecule has 4 nitrogen and oxygen atoms in total. The van der Waals surface area contributed by atoms with Gasteiger partial charge in [-0.15, -0.1) is 0 Å². The van der Waals surface area contributed by atoms with Crippen LogP contribution in [0, 0.1) is 17.8 Å². The fraction of sp³-hybridized carbons (Fsp3) is 0.882. The predicted octanol–water partition coefficient (Wildman–Crippen LogP) is 3.07. The molecule has 5 fully saturated rings. The highest BCUT2D eigenvalue weighted by molar-refractivity contribution is 6.07. The van der Waals surface area contributed by atoms with Crippen molar-refractivity contribution in [1.82, 2.24) is 10.2 Å². The standard InChI is InChI=1S/C17H26N2O2/c1-3-17(4-2)14(20)19(15(21)18-17)16-8-11-5-12(9-16)7-13(6-11)10-16/h11-13H,3-10H2,1-2H3,(H,18,21). The van der Waals surface area contributed by atoms with Crippen LogP contribution in [-0.2, 0) is 4.79 Å². The van der Waals surface area contributed by atoms with Gasteiger partial charge in [-0.1, -0.05) is 13.8 Å². The number of amides is 3. The van der Waals surface area contributed by atoms with Gasteiger partial charge in [-0.3, -0.25) is 9.69 Å². The first-order chi connectivity index (χ1) is 10.0. The number of carbonyl (C=O) groups is 2. The molecule has 0 aromatic heterocycles. The molecular weight excluding hydrogens is 264 g/mol. The van der Waals surface area contributed by atoms with Gasteiger partial charge < -0.3 is 5.32 Å². The van der Waals surface area contributed by atoms with Gasteiger partial charge >= 0.3 is 6.03 Å². The summed E-state index contributed by atoms with van der Waals surface area (Å²) >= 11 is 0. The molecule has 4 saturated carbocycles. The Morgan fingerprint density at radius 1 is 1.00 bits per heavy atom. The Kier molecular flexibility index (Phi) is 2.74. The lowest BCUT2D eigenvalue weighted by atomic mass is 9.52. The second-order valence-corrected chi connectivity index (χ2v) is 8.00. The summed E-state index contributed by atoms with van der Waals surface area (Å²) in [7, 11) is 0. The topological polar surface area (TPSA) is 49.4 Å². The van der Waals surface area contributed by atoms with E-state index in [2.05, 4.69) is 5.32 Å². The Bertz CT molecular complexity index is 460. The lowest BCUT2D eigenvalue weighted by Gasteiger charge is -2.58. The molecule has 116 valence electrons. The molecule has 1 heterocycles. The number of nitrogens with one attached hydrogen (secondary N) is 1. The smallest absolute Gasteiger partial charge is 0.323 e. The Balaban J connectivity index is 1.70. The molecule has 5 rings (SSSR count). The highest BCUT2D eigenvalue weighted by Crippen LogP contribution is 2.58. The zero-order valence-corrected chi connectivity index (χ0v) is 13.2. The molecule has 0 unspecified atom stereocenters. The second kappa shape index (κ2) is 4.23. The summed E-state index contributed by atoms with van der Waals surface area (Å²) in [6.45, 7) is 4.01. The first kappa shape index (κ1) is 13.6. The zero-order valence-electron chi connectivity index (χ0n) is 13.2. The van der Waals surface area contributed by atoms with Crippen molar-refractivity contribution in [2.24, 2.45) is 17.8 Å². The van der Waals surface area contributed by atoms with Gasteiger partial charge in [-0.25, -0.2) is 4.79 Å². The van der Waals surface area contributed by atoms with Crippen LogP contribution in [0.4, 0.5) is 4.79 Å². The van der Waals surface area contributed by atoms with E-state index in [0.29, 0.717) is 12.8 Å². The summed E-state index contributed by atoms with van der Waals surface area (Å²) in [5.74, 6) is 2.29. The normalized spacial score (nSPS) is 43.5. The lowest BCUT2D eigenvalue weighted by Crippen LogP contribution is -2.62. The number of nitrogens with zero attached hydrogens (tertiary/aromatic N) is 1. The average Bonchev–Trinajstić information content (AvgIpc) is 2.69. The van der Waals surface area contributed by atoms with Crippen LogP contribution in [-0.4, -0.2) is 27.9 Å². The van der Waals surface area contributed by atoms with Crippen LogP contribution < -0.4 is 5.32 Å². The monoisotopic (exact) mass is 290 g/mol. The van der Waals surface area contributed by atoms with Crippen LogP contribution in [0.2, 0.25) is 0 Å². The van der Waals surface area contributed by atoms with Crippen LogP contribution in [0.25, 0.3) is 0 Å². The quantitative estimate of drug-likeness (QED) is 0.812. The lowest BCUT2D eigenvalue weighted by molar-refractivity contribution is -0.144. The fourth-order valence-corrected chi connectivity index (χ4v) is 6.12. The Morgan fingerprint density at radius 3 is 1.86 bits per heavy atom. The largest absolute Gasteiger partial charge is 0.325 e. The molecule has 1 aliphatic heterocycles. The molecule has 3 amide bonds. The summed E-state index contributed by atoms with van der Waals surface area (Å²) < 4.78 is 0. The Morgan fingerprint density at radius 2 is 1.48 bits per heavy atom. The molecule has 0 atom stereocenters. The maximum absolute atomic E-state index is 13.1. The third-order valence-electron chi connectivity index (χ3n) is 6.85. The Labute approximate surface area is 126 Å². The molecule has 0 aromatic rings. The maximum Gasteiger partial charge on any atom is 0.325 e. The fourth-order valence-electron chi connectivity index (χ4n) is 6.12. The molecule has 1 N–H and O–H groups in total. The van der Waals surface area contributed by atoms with Gasteiger partial charge in [-0.05, 0) is 69.1 Å². The van der Waals surface area contributed by atoms with E-state index in [0.717, 1.165) is 37.0 Å². The summed E-state index contributed by atoms with van der Waals surface area (Å²) in [6.07, 6.45) is 8.54.